The first-order chi connectivity index (χ1) is 10.1. The molecular formula is C16H22N2O3. The van der Waals surface area contributed by atoms with Crippen LogP contribution in [0.4, 0.5) is 5.69 Å². The lowest BCUT2D eigenvalue weighted by Crippen LogP contribution is -2.27. The average Bonchev–Trinajstić information content (AvgIpc) is 3.00. The van der Waals surface area contributed by atoms with Crippen molar-refractivity contribution in [1.29, 1.82) is 0 Å². The Bertz CT molecular complexity index is 491. The molecule has 114 valence electrons. The number of ether oxygens (including phenoxy) is 1. The third-order valence-corrected chi connectivity index (χ3v) is 3.71. The van der Waals surface area contributed by atoms with Crippen LogP contribution >= 0.6 is 0 Å². The minimum Gasteiger partial charge on any atom is -0.484 e. The summed E-state index contributed by atoms with van der Waals surface area (Å²) >= 11 is 0. The number of likely N-dealkylation sites (N-methyl/N-ethyl adjacent to an activating group) is 1. The van der Waals surface area contributed by atoms with Crippen molar-refractivity contribution in [2.24, 2.45) is 5.92 Å². The van der Waals surface area contributed by atoms with E-state index in [9.17, 15) is 9.59 Å². The van der Waals surface area contributed by atoms with Crippen LogP contribution in [0.5, 0.6) is 5.75 Å². The first kappa shape index (κ1) is 15.4. The van der Waals surface area contributed by atoms with E-state index in [0.717, 1.165) is 31.4 Å². The highest BCUT2D eigenvalue weighted by Gasteiger charge is 2.22. The molecule has 5 nitrogen and oxygen atoms in total. The molecule has 1 aliphatic rings. The second-order valence-electron chi connectivity index (χ2n) is 5.57. The molecule has 0 aromatic heterocycles. The third kappa shape index (κ3) is 4.48. The highest BCUT2D eigenvalue weighted by Crippen LogP contribution is 2.26. The summed E-state index contributed by atoms with van der Waals surface area (Å²) in [7, 11) is 3.38. The fourth-order valence-corrected chi connectivity index (χ4v) is 2.34. The van der Waals surface area contributed by atoms with E-state index >= 15 is 0 Å². The molecule has 1 aromatic rings. The van der Waals surface area contributed by atoms with Crippen molar-refractivity contribution in [1.82, 2.24) is 4.90 Å². The van der Waals surface area contributed by atoms with Gasteiger partial charge in [0.2, 0.25) is 5.91 Å². The monoisotopic (exact) mass is 290 g/mol. The van der Waals surface area contributed by atoms with Gasteiger partial charge in [-0.1, -0.05) is 12.8 Å². The predicted octanol–water partition coefficient (Wildman–Crippen LogP) is 2.28. The lowest BCUT2D eigenvalue weighted by atomic mass is 10.1. The number of carbonyl (C=O) groups is 2. The van der Waals surface area contributed by atoms with Gasteiger partial charge in [-0.05, 0) is 37.1 Å². The minimum atomic E-state index is -0.0892. The normalized spacial score (nSPS) is 14.8. The van der Waals surface area contributed by atoms with E-state index in [-0.39, 0.29) is 24.3 Å². The largest absolute Gasteiger partial charge is 0.484 e. The van der Waals surface area contributed by atoms with Crippen molar-refractivity contribution in [2.45, 2.75) is 25.7 Å². The zero-order chi connectivity index (χ0) is 15.2. The van der Waals surface area contributed by atoms with Crippen LogP contribution in [-0.4, -0.2) is 37.4 Å². The Morgan fingerprint density at radius 1 is 1.19 bits per heavy atom. The fraction of sp³-hybridized carbons (Fsp3) is 0.500. The molecule has 1 saturated carbocycles. The first-order valence-electron chi connectivity index (χ1n) is 7.30. The van der Waals surface area contributed by atoms with Gasteiger partial charge < -0.3 is 15.0 Å². The summed E-state index contributed by atoms with van der Waals surface area (Å²) in [6.07, 6.45) is 4.26. The van der Waals surface area contributed by atoms with E-state index in [1.165, 1.54) is 4.90 Å². The lowest BCUT2D eigenvalue weighted by molar-refractivity contribution is -0.130. The Kier molecular flexibility index (Phi) is 5.20. The van der Waals surface area contributed by atoms with Gasteiger partial charge in [-0.25, -0.2) is 0 Å². The number of benzene rings is 1. The van der Waals surface area contributed by atoms with Gasteiger partial charge in [0.25, 0.3) is 5.91 Å². The van der Waals surface area contributed by atoms with E-state index in [2.05, 4.69) is 5.32 Å². The summed E-state index contributed by atoms with van der Waals surface area (Å²) in [5.41, 5.74) is 0.762. The van der Waals surface area contributed by atoms with Crippen LogP contribution in [0.1, 0.15) is 25.7 Å². The molecule has 0 saturated heterocycles. The number of amides is 2. The maximum atomic E-state index is 12.0. The van der Waals surface area contributed by atoms with Crippen LogP contribution in [0.2, 0.25) is 0 Å². The molecule has 1 N–H and O–H groups in total. The molecule has 0 radical (unpaired) electrons. The van der Waals surface area contributed by atoms with Crippen molar-refractivity contribution >= 4 is 17.5 Å². The topological polar surface area (TPSA) is 58.6 Å². The lowest BCUT2D eigenvalue weighted by Gasteiger charge is -2.12. The summed E-state index contributed by atoms with van der Waals surface area (Å²) in [6.45, 7) is 0.0147. The molecule has 0 aliphatic heterocycles. The Labute approximate surface area is 125 Å². The molecule has 0 atom stereocenters. The third-order valence-electron chi connectivity index (χ3n) is 3.71. The van der Waals surface area contributed by atoms with Crippen molar-refractivity contribution < 1.29 is 14.3 Å². The second-order valence-corrected chi connectivity index (χ2v) is 5.57. The number of nitrogens with zero attached hydrogens (tertiary/aromatic N) is 1. The van der Waals surface area contributed by atoms with Gasteiger partial charge in [0, 0.05) is 25.7 Å². The number of anilines is 1. The molecule has 1 aliphatic carbocycles. The minimum absolute atomic E-state index is 0.0147. The Morgan fingerprint density at radius 2 is 1.81 bits per heavy atom. The molecule has 2 amide bonds. The van der Waals surface area contributed by atoms with Gasteiger partial charge in [-0.3, -0.25) is 9.59 Å². The molecule has 2 rings (SSSR count). The molecule has 0 bridgehead atoms. The number of nitrogens with one attached hydrogen (secondary N) is 1. The molecule has 5 heteroatoms. The summed E-state index contributed by atoms with van der Waals surface area (Å²) in [6, 6.07) is 7.10. The van der Waals surface area contributed by atoms with Gasteiger partial charge >= 0.3 is 0 Å². The summed E-state index contributed by atoms with van der Waals surface area (Å²) in [4.78, 5) is 24.9. The summed E-state index contributed by atoms with van der Waals surface area (Å²) in [5, 5.41) is 2.92. The zero-order valence-corrected chi connectivity index (χ0v) is 12.6. The van der Waals surface area contributed by atoms with Crippen LogP contribution in [0.15, 0.2) is 24.3 Å². The van der Waals surface area contributed by atoms with Crippen molar-refractivity contribution in [3.05, 3.63) is 24.3 Å². The van der Waals surface area contributed by atoms with E-state index in [0.29, 0.717) is 5.75 Å². The van der Waals surface area contributed by atoms with Crippen LogP contribution in [0, 0.1) is 5.92 Å². The molecule has 0 heterocycles. The highest BCUT2D eigenvalue weighted by atomic mass is 16.5. The molecule has 21 heavy (non-hydrogen) atoms. The van der Waals surface area contributed by atoms with E-state index in [4.69, 9.17) is 4.74 Å². The predicted molar refractivity (Wildman–Crippen MR) is 81.2 cm³/mol. The molecule has 0 unspecified atom stereocenters. The Balaban J connectivity index is 1.84. The maximum absolute atomic E-state index is 12.0. The quantitative estimate of drug-likeness (QED) is 0.905. The smallest absolute Gasteiger partial charge is 0.259 e. The van der Waals surface area contributed by atoms with E-state index < -0.39 is 0 Å². The summed E-state index contributed by atoms with van der Waals surface area (Å²) < 4.78 is 5.38. The standard InChI is InChI=1S/C16H22N2O3/c1-18(2)15(19)11-21-14-9-7-13(8-10-14)17-16(20)12-5-3-4-6-12/h7-10,12H,3-6,11H2,1-2H3,(H,17,20). The van der Waals surface area contributed by atoms with Crippen LogP contribution < -0.4 is 10.1 Å². The van der Waals surface area contributed by atoms with Gasteiger partial charge in [0.1, 0.15) is 5.75 Å². The molecular weight excluding hydrogens is 268 g/mol. The van der Waals surface area contributed by atoms with Gasteiger partial charge in [-0.15, -0.1) is 0 Å². The van der Waals surface area contributed by atoms with Gasteiger partial charge in [0.05, 0.1) is 0 Å². The number of rotatable bonds is 5. The van der Waals surface area contributed by atoms with Crippen LogP contribution in [0.3, 0.4) is 0 Å². The van der Waals surface area contributed by atoms with Crippen LogP contribution in [0.25, 0.3) is 0 Å². The summed E-state index contributed by atoms with van der Waals surface area (Å²) in [5.74, 6) is 0.778. The van der Waals surface area contributed by atoms with E-state index in [1.807, 2.05) is 0 Å². The molecule has 1 aromatic carbocycles. The van der Waals surface area contributed by atoms with Crippen molar-refractivity contribution in [3.8, 4) is 5.75 Å². The Hall–Kier alpha value is -2.04. The number of hydrogen-bond acceptors (Lipinski definition) is 3. The molecule has 1 fully saturated rings. The highest BCUT2D eigenvalue weighted by molar-refractivity contribution is 5.92. The fourth-order valence-electron chi connectivity index (χ4n) is 2.34. The van der Waals surface area contributed by atoms with Gasteiger partial charge in [0.15, 0.2) is 6.61 Å². The van der Waals surface area contributed by atoms with Crippen molar-refractivity contribution in [2.75, 3.05) is 26.0 Å². The number of carbonyl (C=O) groups excluding carboxylic acids is 2. The molecule has 0 spiro atoms. The second kappa shape index (κ2) is 7.11. The zero-order valence-electron chi connectivity index (χ0n) is 12.6. The number of hydrogen-bond donors (Lipinski definition) is 1. The van der Waals surface area contributed by atoms with Crippen molar-refractivity contribution in [3.63, 3.8) is 0 Å². The van der Waals surface area contributed by atoms with Gasteiger partial charge in [-0.2, -0.15) is 0 Å². The Morgan fingerprint density at radius 3 is 2.38 bits per heavy atom. The van der Waals surface area contributed by atoms with Crippen LogP contribution in [-0.2, 0) is 9.59 Å². The van der Waals surface area contributed by atoms with E-state index in [1.54, 1.807) is 38.4 Å². The SMILES string of the molecule is CN(C)C(=O)COc1ccc(NC(=O)C2CCCC2)cc1. The first-order valence-corrected chi connectivity index (χ1v) is 7.30. The average molecular weight is 290 g/mol. The maximum Gasteiger partial charge on any atom is 0.259 e.